The fraction of sp³-hybridized carbons (Fsp3) is 0.500. The molecule has 2 rings (SSSR count). The summed E-state index contributed by atoms with van der Waals surface area (Å²) in [5.41, 5.74) is 1.57. The van der Waals surface area contributed by atoms with E-state index in [0.717, 1.165) is 18.4 Å². The molecule has 0 aromatic heterocycles. The Hall–Kier alpha value is -2.35. The van der Waals surface area contributed by atoms with Crippen LogP contribution >= 0.6 is 0 Å². The number of carbonyl (C=O) groups excluding carboxylic acids is 2. The van der Waals surface area contributed by atoms with Gasteiger partial charge in [0, 0.05) is 18.7 Å². The Morgan fingerprint density at radius 1 is 1.17 bits per heavy atom. The largest absolute Gasteiger partial charge is 0.352 e. The molecule has 0 atom stereocenters. The molecular weight excluding hydrogens is 290 g/mol. The van der Waals surface area contributed by atoms with Crippen LogP contribution in [0.25, 0.3) is 0 Å². The van der Waals surface area contributed by atoms with E-state index in [0.29, 0.717) is 24.6 Å². The number of hydrogen-bond acceptors (Lipinski definition) is 3. The Kier molecular flexibility index (Phi) is 6.61. The lowest BCUT2D eigenvalue weighted by molar-refractivity contribution is -0.122. The fourth-order valence-corrected chi connectivity index (χ4v) is 2.96. The fourth-order valence-electron chi connectivity index (χ4n) is 2.96. The third-order valence-electron chi connectivity index (χ3n) is 4.14. The molecule has 5 heteroatoms. The molecule has 1 fully saturated rings. The van der Waals surface area contributed by atoms with Crippen LogP contribution in [0.15, 0.2) is 24.3 Å². The molecule has 0 heterocycles. The van der Waals surface area contributed by atoms with Crippen LogP contribution in [0.2, 0.25) is 0 Å². The summed E-state index contributed by atoms with van der Waals surface area (Å²) in [5, 5.41) is 14.1. The Morgan fingerprint density at radius 3 is 2.70 bits per heavy atom. The first-order chi connectivity index (χ1) is 11.2. The molecule has 23 heavy (non-hydrogen) atoms. The summed E-state index contributed by atoms with van der Waals surface area (Å²) in [7, 11) is 0. The molecule has 0 saturated heterocycles. The quantitative estimate of drug-likeness (QED) is 0.846. The first-order valence-corrected chi connectivity index (χ1v) is 8.20. The SMILES string of the molecule is N#CCC(=O)Nc1cccc(CNC(=O)CC2CCCCC2)c1. The van der Waals surface area contributed by atoms with Gasteiger partial charge in [-0.25, -0.2) is 0 Å². The van der Waals surface area contributed by atoms with Crippen LogP contribution in [0.5, 0.6) is 0 Å². The van der Waals surface area contributed by atoms with Gasteiger partial charge in [0.2, 0.25) is 11.8 Å². The summed E-state index contributed by atoms with van der Waals surface area (Å²) in [5.74, 6) is 0.294. The van der Waals surface area contributed by atoms with Crippen LogP contribution in [0, 0.1) is 17.2 Å². The highest BCUT2D eigenvalue weighted by Gasteiger charge is 2.16. The van der Waals surface area contributed by atoms with Gasteiger partial charge in [0.1, 0.15) is 6.42 Å². The minimum Gasteiger partial charge on any atom is -0.352 e. The zero-order chi connectivity index (χ0) is 16.5. The second kappa shape index (κ2) is 8.94. The number of nitriles is 1. The van der Waals surface area contributed by atoms with Crippen LogP contribution in [-0.2, 0) is 16.1 Å². The molecule has 2 amide bonds. The lowest BCUT2D eigenvalue weighted by atomic mass is 9.87. The Labute approximate surface area is 137 Å². The summed E-state index contributed by atoms with van der Waals surface area (Å²) in [6, 6.07) is 9.12. The van der Waals surface area contributed by atoms with Crippen molar-refractivity contribution < 1.29 is 9.59 Å². The third-order valence-corrected chi connectivity index (χ3v) is 4.14. The molecule has 0 radical (unpaired) electrons. The van der Waals surface area contributed by atoms with Gasteiger partial charge in [-0.05, 0) is 36.5 Å². The van der Waals surface area contributed by atoms with Crippen molar-refractivity contribution in [3.05, 3.63) is 29.8 Å². The second-order valence-corrected chi connectivity index (χ2v) is 6.07. The van der Waals surface area contributed by atoms with Gasteiger partial charge in [0.15, 0.2) is 0 Å². The monoisotopic (exact) mass is 313 g/mol. The minimum atomic E-state index is -0.328. The second-order valence-electron chi connectivity index (χ2n) is 6.07. The first kappa shape index (κ1) is 17.0. The van der Waals surface area contributed by atoms with Gasteiger partial charge in [0.05, 0.1) is 6.07 Å². The van der Waals surface area contributed by atoms with E-state index in [4.69, 9.17) is 5.26 Å². The average molecular weight is 313 g/mol. The first-order valence-electron chi connectivity index (χ1n) is 8.20. The molecule has 1 aliphatic carbocycles. The molecule has 1 saturated carbocycles. The number of amides is 2. The van der Waals surface area contributed by atoms with Crippen molar-refractivity contribution in [2.24, 2.45) is 5.92 Å². The zero-order valence-electron chi connectivity index (χ0n) is 13.3. The maximum Gasteiger partial charge on any atom is 0.238 e. The Morgan fingerprint density at radius 2 is 1.96 bits per heavy atom. The highest BCUT2D eigenvalue weighted by atomic mass is 16.2. The molecule has 5 nitrogen and oxygen atoms in total. The molecular formula is C18H23N3O2. The Balaban J connectivity index is 1.79. The van der Waals surface area contributed by atoms with Crippen molar-refractivity contribution in [1.29, 1.82) is 5.26 Å². The zero-order valence-corrected chi connectivity index (χ0v) is 13.3. The summed E-state index contributed by atoms with van der Waals surface area (Å²) in [6.07, 6.45) is 6.54. The van der Waals surface area contributed by atoms with Crippen LogP contribution in [0.1, 0.15) is 50.5 Å². The predicted octanol–water partition coefficient (Wildman–Crippen LogP) is 3.13. The molecule has 1 aromatic carbocycles. The highest BCUT2D eigenvalue weighted by Crippen LogP contribution is 2.26. The van der Waals surface area contributed by atoms with Crippen molar-refractivity contribution in [3.63, 3.8) is 0 Å². The van der Waals surface area contributed by atoms with Crippen molar-refractivity contribution in [2.75, 3.05) is 5.32 Å². The molecule has 0 bridgehead atoms. The molecule has 2 N–H and O–H groups in total. The summed E-state index contributed by atoms with van der Waals surface area (Å²) < 4.78 is 0. The number of benzene rings is 1. The predicted molar refractivity (Wildman–Crippen MR) is 88.3 cm³/mol. The summed E-state index contributed by atoms with van der Waals surface area (Å²) >= 11 is 0. The molecule has 0 aliphatic heterocycles. The van der Waals surface area contributed by atoms with E-state index >= 15 is 0 Å². The molecule has 1 aromatic rings. The van der Waals surface area contributed by atoms with Crippen molar-refractivity contribution in [1.82, 2.24) is 5.32 Å². The van der Waals surface area contributed by atoms with Crippen molar-refractivity contribution in [3.8, 4) is 6.07 Å². The summed E-state index contributed by atoms with van der Waals surface area (Å²) in [6.45, 7) is 0.452. The van der Waals surface area contributed by atoms with E-state index in [1.165, 1.54) is 19.3 Å². The maximum absolute atomic E-state index is 12.0. The third kappa shape index (κ3) is 6.11. The van der Waals surface area contributed by atoms with Gasteiger partial charge in [-0.1, -0.05) is 31.4 Å². The normalized spacial score (nSPS) is 14.7. The van der Waals surface area contributed by atoms with E-state index < -0.39 is 0 Å². The van der Waals surface area contributed by atoms with Gasteiger partial charge >= 0.3 is 0 Å². The number of rotatable bonds is 6. The van der Waals surface area contributed by atoms with E-state index in [9.17, 15) is 9.59 Å². The number of hydrogen-bond donors (Lipinski definition) is 2. The van der Waals surface area contributed by atoms with Gasteiger partial charge in [-0.15, -0.1) is 0 Å². The van der Waals surface area contributed by atoms with Gasteiger partial charge < -0.3 is 10.6 Å². The molecule has 0 spiro atoms. The van der Waals surface area contributed by atoms with Crippen LogP contribution < -0.4 is 10.6 Å². The molecule has 1 aliphatic rings. The van der Waals surface area contributed by atoms with E-state index in [-0.39, 0.29) is 18.2 Å². The lowest BCUT2D eigenvalue weighted by Gasteiger charge is -2.20. The van der Waals surface area contributed by atoms with Crippen LogP contribution in [-0.4, -0.2) is 11.8 Å². The van der Waals surface area contributed by atoms with E-state index in [2.05, 4.69) is 10.6 Å². The smallest absolute Gasteiger partial charge is 0.238 e. The average Bonchev–Trinajstić information content (AvgIpc) is 2.54. The van der Waals surface area contributed by atoms with Gasteiger partial charge in [0.25, 0.3) is 0 Å². The Bertz CT molecular complexity index is 586. The number of nitrogens with zero attached hydrogens (tertiary/aromatic N) is 1. The van der Waals surface area contributed by atoms with Crippen LogP contribution in [0.3, 0.4) is 0 Å². The minimum absolute atomic E-state index is 0.0934. The maximum atomic E-state index is 12.0. The molecule has 0 unspecified atom stereocenters. The highest BCUT2D eigenvalue weighted by molar-refractivity contribution is 5.92. The van der Waals surface area contributed by atoms with E-state index in [1.807, 2.05) is 24.3 Å². The van der Waals surface area contributed by atoms with Gasteiger partial charge in [-0.3, -0.25) is 9.59 Å². The number of carbonyl (C=O) groups is 2. The standard InChI is InChI=1S/C18H23N3O2/c19-10-9-17(22)21-16-8-4-7-15(11-16)13-20-18(23)12-14-5-2-1-3-6-14/h4,7-8,11,14H,1-3,5-6,9,12-13H2,(H,20,23)(H,21,22). The lowest BCUT2D eigenvalue weighted by Crippen LogP contribution is -2.26. The van der Waals surface area contributed by atoms with Crippen LogP contribution in [0.4, 0.5) is 5.69 Å². The topological polar surface area (TPSA) is 82.0 Å². The number of nitrogens with one attached hydrogen (secondary N) is 2. The van der Waals surface area contributed by atoms with Crippen molar-refractivity contribution in [2.45, 2.75) is 51.5 Å². The van der Waals surface area contributed by atoms with Gasteiger partial charge in [-0.2, -0.15) is 5.26 Å². The summed E-state index contributed by atoms with van der Waals surface area (Å²) in [4.78, 5) is 23.4. The number of anilines is 1. The van der Waals surface area contributed by atoms with E-state index in [1.54, 1.807) is 6.07 Å². The van der Waals surface area contributed by atoms with Crippen molar-refractivity contribution >= 4 is 17.5 Å². The molecule has 122 valence electrons.